The minimum Gasteiger partial charge on any atom is -0.327 e. The van der Waals surface area contributed by atoms with Crippen LogP contribution in [0.3, 0.4) is 0 Å². The second-order valence-corrected chi connectivity index (χ2v) is 4.32. The van der Waals surface area contributed by atoms with Gasteiger partial charge in [-0.2, -0.15) is 0 Å². The lowest BCUT2D eigenvalue weighted by Gasteiger charge is -2.33. The van der Waals surface area contributed by atoms with Gasteiger partial charge in [-0.1, -0.05) is 12.8 Å². The third kappa shape index (κ3) is 1.64. The first-order chi connectivity index (χ1) is 5.88. The van der Waals surface area contributed by atoms with Crippen LogP contribution in [0.4, 0.5) is 0 Å². The summed E-state index contributed by atoms with van der Waals surface area (Å²) in [5.74, 6) is 0.779. The summed E-state index contributed by atoms with van der Waals surface area (Å²) in [5, 5.41) is 3.58. The minimum atomic E-state index is 0.481. The molecule has 1 saturated heterocycles. The Morgan fingerprint density at radius 3 is 2.50 bits per heavy atom. The standard InChI is InChI=1S/C10H20N2/c11-9-5-2-1-4-8(9)10-6-3-7-12-10/h8-10,12H,1-7,11H2. The van der Waals surface area contributed by atoms with Crippen LogP contribution in [0.1, 0.15) is 38.5 Å². The van der Waals surface area contributed by atoms with Gasteiger partial charge < -0.3 is 11.1 Å². The van der Waals surface area contributed by atoms with Gasteiger partial charge in [0.1, 0.15) is 0 Å². The normalized spacial score (nSPS) is 43.2. The summed E-state index contributed by atoms with van der Waals surface area (Å²) in [7, 11) is 0. The van der Waals surface area contributed by atoms with Crippen molar-refractivity contribution in [1.29, 1.82) is 0 Å². The molecule has 3 unspecified atom stereocenters. The van der Waals surface area contributed by atoms with Crippen LogP contribution in [-0.4, -0.2) is 18.6 Å². The van der Waals surface area contributed by atoms with Gasteiger partial charge in [-0.05, 0) is 38.1 Å². The van der Waals surface area contributed by atoms with Gasteiger partial charge in [0, 0.05) is 12.1 Å². The van der Waals surface area contributed by atoms with E-state index in [0.29, 0.717) is 6.04 Å². The zero-order valence-corrected chi connectivity index (χ0v) is 7.76. The lowest BCUT2D eigenvalue weighted by Crippen LogP contribution is -2.44. The molecule has 1 aliphatic heterocycles. The maximum absolute atomic E-state index is 6.12. The molecule has 0 aromatic carbocycles. The van der Waals surface area contributed by atoms with Crippen LogP contribution in [0.25, 0.3) is 0 Å². The summed E-state index contributed by atoms with van der Waals surface area (Å²) in [4.78, 5) is 0. The van der Waals surface area contributed by atoms with Crippen molar-refractivity contribution in [3.8, 4) is 0 Å². The van der Waals surface area contributed by atoms with Crippen molar-refractivity contribution < 1.29 is 0 Å². The molecule has 3 N–H and O–H groups in total. The van der Waals surface area contributed by atoms with Crippen molar-refractivity contribution in [2.75, 3.05) is 6.54 Å². The van der Waals surface area contributed by atoms with Crippen LogP contribution in [0.15, 0.2) is 0 Å². The summed E-state index contributed by atoms with van der Waals surface area (Å²) in [6.07, 6.45) is 8.08. The predicted molar refractivity (Wildman–Crippen MR) is 51.0 cm³/mol. The Labute approximate surface area is 74.9 Å². The molecule has 0 bridgehead atoms. The van der Waals surface area contributed by atoms with Crippen LogP contribution >= 0.6 is 0 Å². The maximum atomic E-state index is 6.12. The Kier molecular flexibility index (Phi) is 2.66. The first kappa shape index (κ1) is 8.52. The quantitative estimate of drug-likeness (QED) is 0.618. The molecule has 2 heteroatoms. The first-order valence-corrected chi connectivity index (χ1v) is 5.37. The topological polar surface area (TPSA) is 38.0 Å². The van der Waals surface area contributed by atoms with E-state index in [1.807, 2.05) is 0 Å². The molecule has 70 valence electrons. The van der Waals surface area contributed by atoms with E-state index in [4.69, 9.17) is 5.73 Å². The molecule has 12 heavy (non-hydrogen) atoms. The Morgan fingerprint density at radius 2 is 1.83 bits per heavy atom. The van der Waals surface area contributed by atoms with Crippen LogP contribution in [0.2, 0.25) is 0 Å². The number of hydrogen-bond donors (Lipinski definition) is 2. The van der Waals surface area contributed by atoms with Crippen LogP contribution in [0.5, 0.6) is 0 Å². The highest BCUT2D eigenvalue weighted by molar-refractivity contribution is 4.89. The molecule has 0 spiro atoms. The van der Waals surface area contributed by atoms with Gasteiger partial charge in [-0.3, -0.25) is 0 Å². The molecule has 0 aromatic heterocycles. The second kappa shape index (κ2) is 3.75. The predicted octanol–water partition coefficient (Wildman–Crippen LogP) is 1.26. The van der Waals surface area contributed by atoms with E-state index in [2.05, 4.69) is 5.32 Å². The third-order valence-corrected chi connectivity index (χ3v) is 3.49. The number of hydrogen-bond acceptors (Lipinski definition) is 2. The van der Waals surface area contributed by atoms with Crippen molar-refractivity contribution in [2.24, 2.45) is 11.7 Å². The van der Waals surface area contributed by atoms with Gasteiger partial charge in [-0.15, -0.1) is 0 Å². The van der Waals surface area contributed by atoms with E-state index >= 15 is 0 Å². The summed E-state index contributed by atoms with van der Waals surface area (Å²) < 4.78 is 0. The van der Waals surface area contributed by atoms with Crippen molar-refractivity contribution in [3.63, 3.8) is 0 Å². The molecular weight excluding hydrogens is 148 g/mol. The maximum Gasteiger partial charge on any atom is 0.0111 e. The molecule has 3 atom stereocenters. The number of nitrogens with one attached hydrogen (secondary N) is 1. The number of nitrogens with two attached hydrogens (primary N) is 1. The Hall–Kier alpha value is -0.0800. The van der Waals surface area contributed by atoms with Crippen molar-refractivity contribution in [2.45, 2.75) is 50.6 Å². The summed E-state index contributed by atoms with van der Waals surface area (Å²) in [6.45, 7) is 1.22. The van der Waals surface area contributed by atoms with Crippen molar-refractivity contribution in [3.05, 3.63) is 0 Å². The summed E-state index contributed by atoms with van der Waals surface area (Å²) >= 11 is 0. The monoisotopic (exact) mass is 168 g/mol. The molecule has 0 radical (unpaired) electrons. The second-order valence-electron chi connectivity index (χ2n) is 4.32. The zero-order valence-electron chi connectivity index (χ0n) is 7.76. The van der Waals surface area contributed by atoms with Crippen LogP contribution < -0.4 is 11.1 Å². The van der Waals surface area contributed by atoms with E-state index in [1.54, 1.807) is 0 Å². The lowest BCUT2D eigenvalue weighted by molar-refractivity contribution is 0.249. The highest BCUT2D eigenvalue weighted by atomic mass is 15.0. The highest BCUT2D eigenvalue weighted by Gasteiger charge is 2.30. The summed E-state index contributed by atoms with van der Waals surface area (Å²) in [6, 6.07) is 1.23. The van der Waals surface area contributed by atoms with Crippen LogP contribution in [-0.2, 0) is 0 Å². The minimum absolute atomic E-state index is 0.481. The van der Waals surface area contributed by atoms with Gasteiger partial charge in [0.15, 0.2) is 0 Å². The molecule has 0 amide bonds. The van der Waals surface area contributed by atoms with E-state index in [1.165, 1.54) is 45.1 Å². The zero-order chi connectivity index (χ0) is 8.39. The van der Waals surface area contributed by atoms with Gasteiger partial charge in [0.2, 0.25) is 0 Å². The fraction of sp³-hybridized carbons (Fsp3) is 1.00. The fourth-order valence-corrected chi connectivity index (χ4v) is 2.76. The molecule has 2 rings (SSSR count). The Balaban J connectivity index is 1.91. The molecule has 2 fully saturated rings. The van der Waals surface area contributed by atoms with Gasteiger partial charge >= 0.3 is 0 Å². The van der Waals surface area contributed by atoms with Crippen molar-refractivity contribution in [1.82, 2.24) is 5.32 Å². The number of rotatable bonds is 1. The van der Waals surface area contributed by atoms with E-state index < -0.39 is 0 Å². The third-order valence-electron chi connectivity index (χ3n) is 3.49. The van der Waals surface area contributed by atoms with Gasteiger partial charge in [0.05, 0.1) is 0 Å². The average molecular weight is 168 g/mol. The van der Waals surface area contributed by atoms with E-state index in [-0.39, 0.29) is 0 Å². The van der Waals surface area contributed by atoms with E-state index in [9.17, 15) is 0 Å². The molecular formula is C10H20N2. The van der Waals surface area contributed by atoms with Gasteiger partial charge in [-0.25, -0.2) is 0 Å². The SMILES string of the molecule is NC1CCCCC1C1CCCN1. The molecule has 1 saturated carbocycles. The molecule has 1 aliphatic carbocycles. The highest BCUT2D eigenvalue weighted by Crippen LogP contribution is 2.29. The molecule has 1 heterocycles. The van der Waals surface area contributed by atoms with Crippen molar-refractivity contribution >= 4 is 0 Å². The summed E-state index contributed by atoms with van der Waals surface area (Å²) in [5.41, 5.74) is 6.12. The van der Waals surface area contributed by atoms with Crippen LogP contribution in [0, 0.1) is 5.92 Å². The molecule has 2 aliphatic rings. The first-order valence-electron chi connectivity index (χ1n) is 5.37. The lowest BCUT2D eigenvalue weighted by atomic mass is 9.80. The Bertz CT molecular complexity index is 141. The molecule has 2 nitrogen and oxygen atoms in total. The van der Waals surface area contributed by atoms with Gasteiger partial charge in [0.25, 0.3) is 0 Å². The Morgan fingerprint density at radius 1 is 1.00 bits per heavy atom. The van der Waals surface area contributed by atoms with E-state index in [0.717, 1.165) is 12.0 Å². The fourth-order valence-electron chi connectivity index (χ4n) is 2.76. The average Bonchev–Trinajstić information content (AvgIpc) is 2.57. The smallest absolute Gasteiger partial charge is 0.0111 e. The largest absolute Gasteiger partial charge is 0.327 e. The molecule has 0 aromatic rings.